The maximum atomic E-state index is 10.1. The van der Waals surface area contributed by atoms with E-state index in [0.29, 0.717) is 5.56 Å². The zero-order valence-corrected chi connectivity index (χ0v) is 25.9. The lowest BCUT2D eigenvalue weighted by atomic mass is 9.65. The summed E-state index contributed by atoms with van der Waals surface area (Å²) in [7, 11) is 0. The summed E-state index contributed by atoms with van der Waals surface area (Å²) < 4.78 is 0. The van der Waals surface area contributed by atoms with Gasteiger partial charge in [0.15, 0.2) is 0 Å². The van der Waals surface area contributed by atoms with Crippen molar-refractivity contribution in [1.82, 2.24) is 0 Å². The highest BCUT2D eigenvalue weighted by Crippen LogP contribution is 2.59. The maximum absolute atomic E-state index is 10.1. The van der Waals surface area contributed by atoms with Crippen molar-refractivity contribution in [3.63, 3.8) is 0 Å². The van der Waals surface area contributed by atoms with Gasteiger partial charge in [-0.2, -0.15) is 5.26 Å². The number of nitrogens with zero attached hydrogens (tertiary/aromatic N) is 1. The first-order valence-corrected chi connectivity index (χ1v) is 16.4. The lowest BCUT2D eigenvalue weighted by Crippen LogP contribution is -2.30. The van der Waals surface area contributed by atoms with Crippen LogP contribution in [0.5, 0.6) is 0 Å². The van der Waals surface area contributed by atoms with Gasteiger partial charge in [0, 0.05) is 0 Å². The van der Waals surface area contributed by atoms with Crippen molar-refractivity contribution in [2.45, 2.75) is 18.3 Å². The molecule has 220 valence electrons. The number of nitriles is 1. The van der Waals surface area contributed by atoms with Crippen molar-refractivity contribution in [2.24, 2.45) is 0 Å². The molecule has 0 saturated carbocycles. The summed E-state index contributed by atoms with van der Waals surface area (Å²) in [6.45, 7) is 0. The van der Waals surface area contributed by atoms with Gasteiger partial charge in [-0.05, 0) is 102 Å². The fourth-order valence-electron chi connectivity index (χ4n) is 8.43. The molecule has 0 radical (unpaired) electrons. The molecule has 0 fully saturated rings. The van der Waals surface area contributed by atoms with Gasteiger partial charge in [0.05, 0.1) is 17.0 Å². The third-order valence-electron chi connectivity index (χ3n) is 10.3. The van der Waals surface area contributed by atoms with Crippen molar-refractivity contribution >= 4 is 32.7 Å². The smallest absolute Gasteiger partial charge is 0.0991 e. The molecule has 2 aliphatic carbocycles. The van der Waals surface area contributed by atoms with Crippen LogP contribution in [0.25, 0.3) is 43.8 Å². The zero-order chi connectivity index (χ0) is 31.4. The van der Waals surface area contributed by atoms with Gasteiger partial charge in [-0.25, -0.2) is 0 Å². The Morgan fingerprint density at radius 1 is 0.511 bits per heavy atom. The SMILES string of the molecule is N#Cc1ccc2c(c1)C(c1ccccc1)(c1ccccc1)C1=C2CCC(c2c3ccccc3c(-c3ccccc3)c3ccccc23)=C1. The largest absolute Gasteiger partial charge is 0.192 e. The van der Waals surface area contributed by atoms with E-state index in [-0.39, 0.29) is 0 Å². The highest BCUT2D eigenvalue weighted by molar-refractivity contribution is 6.19. The summed E-state index contributed by atoms with van der Waals surface area (Å²) in [6, 6.07) is 59.2. The average Bonchev–Trinajstić information content (AvgIpc) is 3.44. The van der Waals surface area contributed by atoms with E-state index in [1.165, 1.54) is 77.2 Å². The minimum atomic E-state index is -0.540. The minimum absolute atomic E-state index is 0.540. The summed E-state index contributed by atoms with van der Waals surface area (Å²) in [5.41, 5.74) is 13.0. The van der Waals surface area contributed by atoms with Crippen LogP contribution >= 0.6 is 0 Å². The number of benzene rings is 7. The Balaban J connectivity index is 1.38. The highest BCUT2D eigenvalue weighted by Gasteiger charge is 2.48. The van der Waals surface area contributed by atoms with Gasteiger partial charge in [0.25, 0.3) is 0 Å². The predicted molar refractivity (Wildman–Crippen MR) is 195 cm³/mol. The number of rotatable bonds is 4. The summed E-state index contributed by atoms with van der Waals surface area (Å²) in [5, 5.41) is 15.2. The lowest BCUT2D eigenvalue weighted by Gasteiger charge is -2.36. The van der Waals surface area contributed by atoms with Crippen LogP contribution in [0.4, 0.5) is 0 Å². The quantitative estimate of drug-likeness (QED) is 0.185. The zero-order valence-electron chi connectivity index (χ0n) is 25.9. The molecule has 0 aromatic heterocycles. The Morgan fingerprint density at radius 2 is 1.02 bits per heavy atom. The van der Waals surface area contributed by atoms with Gasteiger partial charge in [0.1, 0.15) is 0 Å². The van der Waals surface area contributed by atoms with Crippen molar-refractivity contribution in [3.05, 3.63) is 203 Å². The molecule has 0 atom stereocenters. The molecular formula is C46H31N. The van der Waals surface area contributed by atoms with Crippen molar-refractivity contribution in [2.75, 3.05) is 0 Å². The molecule has 2 aliphatic rings. The van der Waals surface area contributed by atoms with E-state index >= 15 is 0 Å². The van der Waals surface area contributed by atoms with E-state index < -0.39 is 5.41 Å². The monoisotopic (exact) mass is 597 g/mol. The van der Waals surface area contributed by atoms with Crippen LogP contribution < -0.4 is 0 Å². The molecule has 47 heavy (non-hydrogen) atoms. The van der Waals surface area contributed by atoms with Gasteiger partial charge in [0.2, 0.25) is 0 Å². The molecule has 0 N–H and O–H groups in total. The summed E-state index contributed by atoms with van der Waals surface area (Å²) >= 11 is 0. The van der Waals surface area contributed by atoms with Crippen LogP contribution in [-0.4, -0.2) is 0 Å². The highest BCUT2D eigenvalue weighted by atomic mass is 14.5. The normalized spacial score (nSPS) is 14.8. The van der Waals surface area contributed by atoms with Crippen LogP contribution in [0, 0.1) is 11.3 Å². The fourth-order valence-corrected chi connectivity index (χ4v) is 8.43. The number of hydrogen-bond acceptors (Lipinski definition) is 1. The third kappa shape index (κ3) is 4.02. The van der Waals surface area contributed by atoms with Crippen molar-refractivity contribution < 1.29 is 0 Å². The minimum Gasteiger partial charge on any atom is -0.192 e. The molecule has 1 heteroatoms. The summed E-state index contributed by atoms with van der Waals surface area (Å²) in [5.74, 6) is 0. The van der Waals surface area contributed by atoms with Crippen LogP contribution in [0.1, 0.15) is 46.2 Å². The average molecular weight is 598 g/mol. The first-order valence-electron chi connectivity index (χ1n) is 16.4. The van der Waals surface area contributed by atoms with Crippen LogP contribution in [-0.2, 0) is 5.41 Å². The Morgan fingerprint density at radius 3 is 1.57 bits per heavy atom. The first kappa shape index (κ1) is 27.3. The van der Waals surface area contributed by atoms with Crippen LogP contribution in [0.2, 0.25) is 0 Å². The fraction of sp³-hybridized carbons (Fsp3) is 0.0652. The second-order valence-electron chi connectivity index (χ2n) is 12.6. The Hall–Kier alpha value is -5.97. The van der Waals surface area contributed by atoms with Crippen molar-refractivity contribution in [3.8, 4) is 17.2 Å². The van der Waals surface area contributed by atoms with Gasteiger partial charge >= 0.3 is 0 Å². The second-order valence-corrected chi connectivity index (χ2v) is 12.6. The summed E-state index contributed by atoms with van der Waals surface area (Å²) in [6.07, 6.45) is 4.39. The molecule has 0 amide bonds. The Bertz CT molecular complexity index is 2350. The van der Waals surface area contributed by atoms with Crippen LogP contribution in [0.15, 0.2) is 169 Å². The molecular weight excluding hydrogens is 567 g/mol. The molecule has 0 bridgehead atoms. The van der Waals surface area contributed by atoms with Gasteiger partial charge in [-0.3, -0.25) is 0 Å². The van der Waals surface area contributed by atoms with Gasteiger partial charge in [-0.15, -0.1) is 0 Å². The maximum Gasteiger partial charge on any atom is 0.0991 e. The lowest BCUT2D eigenvalue weighted by molar-refractivity contribution is 0.757. The molecule has 7 aromatic carbocycles. The van der Waals surface area contributed by atoms with E-state index in [4.69, 9.17) is 0 Å². The summed E-state index contributed by atoms with van der Waals surface area (Å²) in [4.78, 5) is 0. The first-order chi connectivity index (χ1) is 23.3. The molecule has 0 aliphatic heterocycles. The van der Waals surface area contributed by atoms with E-state index in [0.717, 1.165) is 12.8 Å². The predicted octanol–water partition coefficient (Wildman–Crippen LogP) is 11.5. The Kier molecular flexibility index (Phi) is 6.30. The molecule has 9 rings (SSSR count). The molecule has 0 heterocycles. The molecule has 7 aromatic rings. The number of allylic oxidation sites excluding steroid dienone is 4. The molecule has 0 spiro atoms. The van der Waals surface area contributed by atoms with Gasteiger partial charge < -0.3 is 0 Å². The molecule has 0 saturated heterocycles. The van der Waals surface area contributed by atoms with Crippen molar-refractivity contribution in [1.29, 1.82) is 5.26 Å². The van der Waals surface area contributed by atoms with Crippen LogP contribution in [0.3, 0.4) is 0 Å². The van der Waals surface area contributed by atoms with E-state index in [2.05, 4.69) is 164 Å². The Labute approximate surface area is 275 Å². The topological polar surface area (TPSA) is 23.8 Å². The number of hydrogen-bond donors (Lipinski definition) is 0. The second kappa shape index (κ2) is 10.8. The van der Waals surface area contributed by atoms with Gasteiger partial charge in [-0.1, -0.05) is 152 Å². The third-order valence-corrected chi connectivity index (χ3v) is 10.3. The molecule has 0 unspecified atom stereocenters. The van der Waals surface area contributed by atoms with E-state index in [1.54, 1.807) is 0 Å². The van der Waals surface area contributed by atoms with E-state index in [9.17, 15) is 5.26 Å². The van der Waals surface area contributed by atoms with E-state index in [1.807, 2.05) is 6.07 Å². The number of fused-ring (bicyclic) bond motifs is 4. The molecule has 1 nitrogen and oxygen atoms in total. The standard InChI is InChI=1S/C46H31N/c47-30-31-24-26-36-37-27-25-33(29-43(37)46(42(36)28-31,34-16-6-2-7-17-34)35-18-8-3-9-19-35)45-40-22-12-10-20-38(40)44(32-14-4-1-5-15-32)39-21-11-13-23-41(39)45/h1-24,26,28-29H,25,27H2.